The Morgan fingerprint density at radius 2 is 1.85 bits per heavy atom. The zero-order valence-electron chi connectivity index (χ0n) is 17.3. The number of aromatic nitrogens is 4. The number of nitrogens with one attached hydrogen (secondary N) is 2. The molecule has 4 rings (SSSR count). The Labute approximate surface area is 187 Å². The smallest absolute Gasteiger partial charge is 0.340 e. The first-order valence-corrected chi connectivity index (χ1v) is 10.0. The van der Waals surface area contributed by atoms with Crippen LogP contribution in [-0.4, -0.2) is 63.9 Å². The van der Waals surface area contributed by atoms with Crippen LogP contribution in [0.15, 0.2) is 54.9 Å². The van der Waals surface area contributed by atoms with Crippen molar-refractivity contribution in [3.63, 3.8) is 0 Å². The number of fused-ring (bicyclic) bond motifs is 1. The number of ether oxygens (including phenoxy) is 3. The predicted molar refractivity (Wildman–Crippen MR) is 113 cm³/mol. The minimum atomic E-state index is -0.755. The second-order valence-corrected chi connectivity index (χ2v) is 6.98. The van der Waals surface area contributed by atoms with Crippen LogP contribution in [0.4, 0.5) is 5.69 Å². The van der Waals surface area contributed by atoms with Gasteiger partial charge in [-0.05, 0) is 34.7 Å². The summed E-state index contributed by atoms with van der Waals surface area (Å²) in [5.74, 6) is -0.428. The van der Waals surface area contributed by atoms with Crippen LogP contribution in [0.3, 0.4) is 0 Å². The zero-order valence-corrected chi connectivity index (χ0v) is 17.3. The van der Waals surface area contributed by atoms with Crippen LogP contribution in [0, 0.1) is 0 Å². The summed E-state index contributed by atoms with van der Waals surface area (Å²) in [6, 6.07) is 13.6. The number of hydrogen-bond donors (Lipinski definition) is 2. The lowest BCUT2D eigenvalue weighted by molar-refractivity contribution is -0.124. The molecule has 1 aliphatic heterocycles. The van der Waals surface area contributed by atoms with Crippen molar-refractivity contribution in [1.29, 1.82) is 0 Å². The molecule has 33 heavy (non-hydrogen) atoms. The van der Waals surface area contributed by atoms with Crippen LogP contribution < -0.4 is 20.1 Å². The normalized spacial score (nSPS) is 14.2. The van der Waals surface area contributed by atoms with Gasteiger partial charge in [-0.15, -0.1) is 5.10 Å². The van der Waals surface area contributed by atoms with Crippen molar-refractivity contribution < 1.29 is 28.6 Å². The maximum absolute atomic E-state index is 12.5. The molecule has 0 saturated carbocycles. The van der Waals surface area contributed by atoms with E-state index >= 15 is 0 Å². The van der Waals surface area contributed by atoms with E-state index < -0.39 is 24.4 Å². The second-order valence-electron chi connectivity index (χ2n) is 6.98. The van der Waals surface area contributed by atoms with E-state index in [0.29, 0.717) is 11.5 Å². The number of amides is 2. The first-order valence-electron chi connectivity index (χ1n) is 10.0. The Kier molecular flexibility index (Phi) is 6.73. The second kappa shape index (κ2) is 10.2. The van der Waals surface area contributed by atoms with Gasteiger partial charge < -0.3 is 24.8 Å². The molecular formula is C21H20N6O6. The minimum Gasteiger partial charge on any atom is -0.486 e. The number of para-hydroxylation sites is 3. The van der Waals surface area contributed by atoms with E-state index in [1.165, 1.54) is 17.1 Å². The van der Waals surface area contributed by atoms with Gasteiger partial charge in [0.1, 0.15) is 25.6 Å². The first kappa shape index (κ1) is 21.7. The standard InChI is InChI=1S/C21H20N6O6/c28-19(10-27-13-23-25-26-27)24-16-6-2-1-5-15(16)21(30)32-12-20(29)22-9-14-11-31-17-7-3-4-8-18(17)33-14/h1-8,13-14H,9-12H2,(H,22,29)(H,24,28). The van der Waals surface area contributed by atoms with Gasteiger partial charge in [0, 0.05) is 0 Å². The largest absolute Gasteiger partial charge is 0.486 e. The molecule has 1 atom stereocenters. The molecule has 0 radical (unpaired) electrons. The molecule has 1 aromatic heterocycles. The average Bonchev–Trinajstić information content (AvgIpc) is 3.34. The van der Waals surface area contributed by atoms with Gasteiger partial charge in [-0.2, -0.15) is 0 Å². The SMILES string of the molecule is O=C(COC(=O)c1ccccc1NC(=O)Cn1cnnn1)NCC1COc2ccccc2O1. The summed E-state index contributed by atoms with van der Waals surface area (Å²) >= 11 is 0. The lowest BCUT2D eigenvalue weighted by Gasteiger charge is -2.26. The summed E-state index contributed by atoms with van der Waals surface area (Å²) in [5.41, 5.74) is 0.350. The minimum absolute atomic E-state index is 0.107. The fraction of sp³-hybridized carbons (Fsp3) is 0.238. The highest BCUT2D eigenvalue weighted by molar-refractivity contribution is 6.01. The summed E-state index contributed by atoms with van der Waals surface area (Å²) < 4.78 is 17.7. The maximum atomic E-state index is 12.5. The molecule has 0 saturated heterocycles. The molecule has 2 heterocycles. The maximum Gasteiger partial charge on any atom is 0.340 e. The van der Waals surface area contributed by atoms with E-state index in [9.17, 15) is 14.4 Å². The molecule has 0 fully saturated rings. The van der Waals surface area contributed by atoms with Crippen LogP contribution in [0.1, 0.15) is 10.4 Å². The van der Waals surface area contributed by atoms with E-state index in [1.54, 1.807) is 30.3 Å². The third kappa shape index (κ3) is 5.81. The lowest BCUT2D eigenvalue weighted by Crippen LogP contribution is -2.42. The van der Waals surface area contributed by atoms with Crippen molar-refractivity contribution in [1.82, 2.24) is 25.5 Å². The van der Waals surface area contributed by atoms with E-state index in [-0.39, 0.29) is 37.1 Å². The molecule has 2 N–H and O–H groups in total. The van der Waals surface area contributed by atoms with Crippen LogP contribution in [-0.2, 0) is 20.9 Å². The molecule has 0 aliphatic carbocycles. The van der Waals surface area contributed by atoms with Crippen LogP contribution in [0.5, 0.6) is 11.5 Å². The number of carbonyl (C=O) groups excluding carboxylic acids is 3. The number of esters is 1. The number of rotatable bonds is 8. The molecule has 2 amide bonds. The van der Waals surface area contributed by atoms with E-state index in [4.69, 9.17) is 14.2 Å². The topological polar surface area (TPSA) is 147 Å². The van der Waals surface area contributed by atoms with Crippen molar-refractivity contribution in [3.05, 3.63) is 60.4 Å². The number of anilines is 1. The Morgan fingerprint density at radius 3 is 2.67 bits per heavy atom. The Balaban J connectivity index is 1.25. The van der Waals surface area contributed by atoms with Gasteiger partial charge in [0.05, 0.1) is 17.8 Å². The van der Waals surface area contributed by atoms with Crippen LogP contribution in [0.25, 0.3) is 0 Å². The quantitative estimate of drug-likeness (QED) is 0.464. The molecule has 12 heteroatoms. The Hall–Kier alpha value is -4.48. The highest BCUT2D eigenvalue weighted by Crippen LogP contribution is 2.30. The first-order chi connectivity index (χ1) is 16.1. The average molecular weight is 452 g/mol. The number of nitrogens with zero attached hydrogens (tertiary/aromatic N) is 4. The van der Waals surface area contributed by atoms with Gasteiger partial charge in [0.15, 0.2) is 18.1 Å². The highest BCUT2D eigenvalue weighted by Gasteiger charge is 2.22. The van der Waals surface area contributed by atoms with E-state index in [1.807, 2.05) is 12.1 Å². The van der Waals surface area contributed by atoms with Gasteiger partial charge in [-0.25, -0.2) is 9.48 Å². The predicted octanol–water partition coefficient (Wildman–Crippen LogP) is 0.425. The number of hydrogen-bond acceptors (Lipinski definition) is 9. The van der Waals surface area contributed by atoms with Crippen LogP contribution in [0.2, 0.25) is 0 Å². The number of carbonyl (C=O) groups is 3. The molecule has 1 aliphatic rings. The van der Waals surface area contributed by atoms with Gasteiger partial charge in [-0.3, -0.25) is 9.59 Å². The summed E-state index contributed by atoms with van der Waals surface area (Å²) in [7, 11) is 0. The molecule has 0 bridgehead atoms. The lowest BCUT2D eigenvalue weighted by atomic mass is 10.2. The zero-order chi connectivity index (χ0) is 23.0. The summed E-state index contributed by atoms with van der Waals surface area (Å²) in [6.45, 7) is -0.143. The summed E-state index contributed by atoms with van der Waals surface area (Å²) in [5, 5.41) is 15.8. The number of benzene rings is 2. The van der Waals surface area contributed by atoms with Gasteiger partial charge in [0.25, 0.3) is 5.91 Å². The Bertz CT molecular complexity index is 1140. The Morgan fingerprint density at radius 1 is 1.06 bits per heavy atom. The molecule has 170 valence electrons. The van der Waals surface area contributed by atoms with E-state index in [0.717, 1.165) is 0 Å². The van der Waals surface area contributed by atoms with Gasteiger partial charge >= 0.3 is 5.97 Å². The third-order valence-electron chi connectivity index (χ3n) is 4.55. The molecule has 2 aromatic carbocycles. The van der Waals surface area contributed by atoms with Crippen molar-refractivity contribution in [3.8, 4) is 11.5 Å². The monoisotopic (exact) mass is 452 g/mol. The third-order valence-corrected chi connectivity index (χ3v) is 4.55. The van der Waals surface area contributed by atoms with Crippen molar-refractivity contribution in [2.45, 2.75) is 12.6 Å². The fourth-order valence-corrected chi connectivity index (χ4v) is 3.01. The molecular weight excluding hydrogens is 432 g/mol. The highest BCUT2D eigenvalue weighted by atomic mass is 16.6. The van der Waals surface area contributed by atoms with Crippen molar-refractivity contribution >= 4 is 23.5 Å². The van der Waals surface area contributed by atoms with E-state index in [2.05, 4.69) is 26.2 Å². The van der Waals surface area contributed by atoms with Gasteiger partial charge in [-0.1, -0.05) is 24.3 Å². The van der Waals surface area contributed by atoms with Crippen LogP contribution >= 0.6 is 0 Å². The van der Waals surface area contributed by atoms with Crippen molar-refractivity contribution in [2.24, 2.45) is 0 Å². The number of tetrazole rings is 1. The summed E-state index contributed by atoms with van der Waals surface area (Å²) in [6.07, 6.45) is 0.928. The molecule has 12 nitrogen and oxygen atoms in total. The molecule has 0 spiro atoms. The molecule has 1 unspecified atom stereocenters. The van der Waals surface area contributed by atoms with Crippen molar-refractivity contribution in [2.75, 3.05) is 25.1 Å². The molecule has 3 aromatic rings. The fourth-order valence-electron chi connectivity index (χ4n) is 3.01. The van der Waals surface area contributed by atoms with Gasteiger partial charge in [0.2, 0.25) is 5.91 Å². The summed E-state index contributed by atoms with van der Waals surface area (Å²) in [4.78, 5) is 36.8.